The van der Waals surface area contributed by atoms with Gasteiger partial charge in [0.2, 0.25) is 0 Å². The molecule has 15 heavy (non-hydrogen) atoms. The predicted octanol–water partition coefficient (Wildman–Crippen LogP) is 0.660. The average molecular weight is 206 g/mol. The number of hydrogen-bond donors (Lipinski definition) is 1. The molecule has 0 aliphatic carbocycles. The first kappa shape index (κ1) is 10.5. The van der Waals surface area contributed by atoms with Gasteiger partial charge in [-0.3, -0.25) is 4.90 Å². The van der Waals surface area contributed by atoms with E-state index in [2.05, 4.69) is 27.3 Å². The highest BCUT2D eigenvalue weighted by Crippen LogP contribution is 2.05. The summed E-state index contributed by atoms with van der Waals surface area (Å²) in [7, 11) is 0. The summed E-state index contributed by atoms with van der Waals surface area (Å²) in [5.41, 5.74) is 1.06. The Kier molecular flexibility index (Phi) is 3.64. The van der Waals surface area contributed by atoms with Gasteiger partial charge in [0.05, 0.1) is 5.69 Å². The zero-order chi connectivity index (χ0) is 10.5. The van der Waals surface area contributed by atoms with Crippen molar-refractivity contribution in [1.29, 1.82) is 0 Å². The minimum atomic E-state index is 0.573. The predicted molar refractivity (Wildman–Crippen MR) is 59.4 cm³/mol. The lowest BCUT2D eigenvalue weighted by atomic mass is 10.3. The summed E-state index contributed by atoms with van der Waals surface area (Å²) in [5.74, 6) is 0. The van der Waals surface area contributed by atoms with Gasteiger partial charge in [-0.15, -0.1) is 0 Å². The summed E-state index contributed by atoms with van der Waals surface area (Å²) < 4.78 is 0. The van der Waals surface area contributed by atoms with Crippen molar-refractivity contribution in [2.24, 2.45) is 0 Å². The molecule has 1 aromatic rings. The van der Waals surface area contributed by atoms with E-state index in [4.69, 9.17) is 0 Å². The standard InChI is InChI=1S/C11H18N4/c1-10-8-15(7-3-5-12-10)9-11-4-2-6-13-14-11/h2,4,6,10,12H,3,5,7-9H2,1H3. The molecule has 1 aliphatic rings. The summed E-state index contributed by atoms with van der Waals surface area (Å²) in [6, 6.07) is 4.56. The average Bonchev–Trinajstić information content (AvgIpc) is 2.44. The van der Waals surface area contributed by atoms with E-state index in [1.807, 2.05) is 12.1 Å². The Labute approximate surface area is 90.7 Å². The van der Waals surface area contributed by atoms with Crippen molar-refractivity contribution in [1.82, 2.24) is 20.4 Å². The second-order valence-electron chi connectivity index (χ2n) is 4.16. The molecule has 1 aliphatic heterocycles. The van der Waals surface area contributed by atoms with Gasteiger partial charge in [-0.05, 0) is 38.6 Å². The second kappa shape index (κ2) is 5.19. The Bertz CT molecular complexity index is 288. The van der Waals surface area contributed by atoms with Crippen molar-refractivity contribution in [2.45, 2.75) is 25.9 Å². The van der Waals surface area contributed by atoms with E-state index >= 15 is 0 Å². The lowest BCUT2D eigenvalue weighted by Crippen LogP contribution is -2.35. The first-order valence-electron chi connectivity index (χ1n) is 5.57. The number of nitrogens with one attached hydrogen (secondary N) is 1. The van der Waals surface area contributed by atoms with Crippen LogP contribution in [0, 0.1) is 0 Å². The molecule has 1 unspecified atom stereocenters. The smallest absolute Gasteiger partial charge is 0.0771 e. The van der Waals surface area contributed by atoms with Crippen LogP contribution in [0.15, 0.2) is 18.3 Å². The fraction of sp³-hybridized carbons (Fsp3) is 0.636. The van der Waals surface area contributed by atoms with Crippen LogP contribution in [0.4, 0.5) is 0 Å². The third-order valence-electron chi connectivity index (χ3n) is 2.69. The van der Waals surface area contributed by atoms with Crippen LogP contribution >= 0.6 is 0 Å². The van der Waals surface area contributed by atoms with Crippen LogP contribution < -0.4 is 5.32 Å². The van der Waals surface area contributed by atoms with Gasteiger partial charge in [-0.25, -0.2) is 0 Å². The number of aromatic nitrogens is 2. The van der Waals surface area contributed by atoms with Crippen LogP contribution in [0.25, 0.3) is 0 Å². The lowest BCUT2D eigenvalue weighted by Gasteiger charge is -2.21. The Morgan fingerprint density at radius 2 is 2.53 bits per heavy atom. The van der Waals surface area contributed by atoms with Crippen molar-refractivity contribution >= 4 is 0 Å². The maximum absolute atomic E-state index is 4.12. The van der Waals surface area contributed by atoms with E-state index in [1.165, 1.54) is 6.42 Å². The van der Waals surface area contributed by atoms with E-state index in [1.54, 1.807) is 6.20 Å². The van der Waals surface area contributed by atoms with E-state index < -0.39 is 0 Å². The SMILES string of the molecule is CC1CN(Cc2cccnn2)CCCN1. The largest absolute Gasteiger partial charge is 0.313 e. The molecule has 1 atom stereocenters. The van der Waals surface area contributed by atoms with Crippen LogP contribution in [-0.2, 0) is 6.54 Å². The van der Waals surface area contributed by atoms with Gasteiger partial charge in [-0.1, -0.05) is 0 Å². The monoisotopic (exact) mass is 206 g/mol. The van der Waals surface area contributed by atoms with Crippen molar-refractivity contribution in [3.05, 3.63) is 24.0 Å². The van der Waals surface area contributed by atoms with Gasteiger partial charge in [0.25, 0.3) is 0 Å². The third-order valence-corrected chi connectivity index (χ3v) is 2.69. The highest BCUT2D eigenvalue weighted by atomic mass is 15.2. The molecule has 0 amide bonds. The minimum absolute atomic E-state index is 0.573. The highest BCUT2D eigenvalue weighted by molar-refractivity contribution is 4.99. The maximum atomic E-state index is 4.12. The molecule has 4 heteroatoms. The van der Waals surface area contributed by atoms with Crippen molar-refractivity contribution in [2.75, 3.05) is 19.6 Å². The molecule has 0 saturated carbocycles. The van der Waals surface area contributed by atoms with Crippen LogP contribution in [0.3, 0.4) is 0 Å². The molecule has 0 aromatic carbocycles. The molecule has 1 N–H and O–H groups in total. The molecule has 2 rings (SSSR count). The Morgan fingerprint density at radius 1 is 1.60 bits per heavy atom. The fourth-order valence-corrected chi connectivity index (χ4v) is 1.98. The zero-order valence-corrected chi connectivity index (χ0v) is 9.19. The number of nitrogens with zero attached hydrogens (tertiary/aromatic N) is 3. The maximum Gasteiger partial charge on any atom is 0.0771 e. The first-order chi connectivity index (χ1) is 7.34. The van der Waals surface area contributed by atoms with Crippen molar-refractivity contribution < 1.29 is 0 Å². The summed E-state index contributed by atoms with van der Waals surface area (Å²) in [6.45, 7) is 6.51. The van der Waals surface area contributed by atoms with Crippen LogP contribution in [0.5, 0.6) is 0 Å². The van der Waals surface area contributed by atoms with Crippen LogP contribution in [-0.4, -0.2) is 40.8 Å². The van der Waals surface area contributed by atoms with E-state index in [9.17, 15) is 0 Å². The van der Waals surface area contributed by atoms with Gasteiger partial charge in [-0.2, -0.15) is 10.2 Å². The topological polar surface area (TPSA) is 41.1 Å². The Hall–Kier alpha value is -1.00. The highest BCUT2D eigenvalue weighted by Gasteiger charge is 2.14. The van der Waals surface area contributed by atoms with Gasteiger partial charge in [0, 0.05) is 25.3 Å². The molecule has 0 radical (unpaired) electrons. The molecule has 0 bridgehead atoms. The second-order valence-corrected chi connectivity index (χ2v) is 4.16. The van der Waals surface area contributed by atoms with Crippen LogP contribution in [0.1, 0.15) is 19.0 Å². The molecule has 82 valence electrons. The van der Waals surface area contributed by atoms with Gasteiger partial charge < -0.3 is 5.32 Å². The van der Waals surface area contributed by atoms with Gasteiger partial charge >= 0.3 is 0 Å². The van der Waals surface area contributed by atoms with E-state index in [0.717, 1.165) is 31.9 Å². The van der Waals surface area contributed by atoms with Crippen molar-refractivity contribution in [3.63, 3.8) is 0 Å². The third kappa shape index (κ3) is 3.25. The molecule has 2 heterocycles. The van der Waals surface area contributed by atoms with E-state index in [0.29, 0.717) is 6.04 Å². The lowest BCUT2D eigenvalue weighted by molar-refractivity contribution is 0.261. The molecule has 4 nitrogen and oxygen atoms in total. The molecule has 1 saturated heterocycles. The molecule has 1 aromatic heterocycles. The zero-order valence-electron chi connectivity index (χ0n) is 9.19. The first-order valence-corrected chi connectivity index (χ1v) is 5.57. The van der Waals surface area contributed by atoms with Gasteiger partial charge in [0.1, 0.15) is 0 Å². The van der Waals surface area contributed by atoms with E-state index in [-0.39, 0.29) is 0 Å². The van der Waals surface area contributed by atoms with Gasteiger partial charge in [0.15, 0.2) is 0 Å². The van der Waals surface area contributed by atoms with Crippen molar-refractivity contribution in [3.8, 4) is 0 Å². The summed E-state index contributed by atoms with van der Waals surface area (Å²) >= 11 is 0. The summed E-state index contributed by atoms with van der Waals surface area (Å²) in [5, 5.41) is 11.5. The molecule has 1 fully saturated rings. The number of hydrogen-bond acceptors (Lipinski definition) is 4. The minimum Gasteiger partial charge on any atom is -0.313 e. The number of rotatable bonds is 2. The normalized spacial score (nSPS) is 23.7. The van der Waals surface area contributed by atoms with Crippen LogP contribution in [0.2, 0.25) is 0 Å². The fourth-order valence-electron chi connectivity index (χ4n) is 1.98. The Balaban J connectivity index is 1.93. The Morgan fingerprint density at radius 3 is 3.33 bits per heavy atom. The molecular weight excluding hydrogens is 188 g/mol. The summed E-state index contributed by atoms with van der Waals surface area (Å²) in [4.78, 5) is 2.44. The molecular formula is C11H18N4. The summed E-state index contributed by atoms with van der Waals surface area (Å²) in [6.07, 6.45) is 2.93. The quantitative estimate of drug-likeness (QED) is 0.772. The molecule has 0 spiro atoms.